The molecule has 1 N–H and O–H groups in total. The summed E-state index contributed by atoms with van der Waals surface area (Å²) in [5.74, 6) is -1.64. The van der Waals surface area contributed by atoms with Gasteiger partial charge >= 0.3 is 12.1 Å². The second-order valence-electron chi connectivity index (χ2n) is 6.83. The summed E-state index contributed by atoms with van der Waals surface area (Å²) in [7, 11) is 0. The van der Waals surface area contributed by atoms with E-state index in [1.807, 2.05) is 30.3 Å². The van der Waals surface area contributed by atoms with E-state index in [0.717, 1.165) is 17.7 Å². The lowest BCUT2D eigenvalue weighted by molar-refractivity contribution is -0.154. The minimum absolute atomic E-state index is 0.207. The number of pyridine rings is 1. The number of aliphatic hydroxyl groups excluding tert-OH is 1. The number of carbonyl (C=O) groups is 1. The third-order valence-corrected chi connectivity index (χ3v) is 4.64. The lowest BCUT2D eigenvalue weighted by Gasteiger charge is -2.22. The normalized spacial score (nSPS) is 13.5. The van der Waals surface area contributed by atoms with Crippen molar-refractivity contribution in [3.8, 4) is 0 Å². The van der Waals surface area contributed by atoms with E-state index in [1.165, 1.54) is 18.3 Å². The molecule has 2 atom stereocenters. The molecule has 30 heavy (non-hydrogen) atoms. The lowest BCUT2D eigenvalue weighted by Crippen LogP contribution is -2.27. The van der Waals surface area contributed by atoms with Gasteiger partial charge in [0, 0.05) is 12.4 Å². The highest BCUT2D eigenvalue weighted by Crippen LogP contribution is 2.30. The van der Waals surface area contributed by atoms with E-state index >= 15 is 0 Å². The van der Waals surface area contributed by atoms with Crippen molar-refractivity contribution in [3.63, 3.8) is 0 Å². The number of carbonyl (C=O) groups excluding carboxylic acids is 1. The first-order valence-corrected chi connectivity index (χ1v) is 9.29. The van der Waals surface area contributed by atoms with Gasteiger partial charge in [0.05, 0.1) is 17.6 Å². The maximum absolute atomic E-state index is 12.9. The molecule has 0 saturated heterocycles. The molecular weight excluding hydrogens is 395 g/mol. The van der Waals surface area contributed by atoms with Gasteiger partial charge in [0.15, 0.2) is 0 Å². The van der Waals surface area contributed by atoms with Crippen molar-refractivity contribution in [2.45, 2.75) is 25.3 Å². The van der Waals surface area contributed by atoms with Crippen LogP contribution in [0.25, 0.3) is 0 Å². The monoisotopic (exact) mass is 415 g/mol. The first-order chi connectivity index (χ1) is 14.3. The third-order valence-electron chi connectivity index (χ3n) is 4.64. The molecule has 0 radical (unpaired) electrons. The van der Waals surface area contributed by atoms with Gasteiger partial charge in [0.1, 0.15) is 6.61 Å². The molecule has 1 aromatic heterocycles. The predicted octanol–water partition coefficient (Wildman–Crippen LogP) is 4.74. The summed E-state index contributed by atoms with van der Waals surface area (Å²) in [5, 5.41) is 10.8. The molecule has 156 valence electrons. The molecule has 0 amide bonds. The summed E-state index contributed by atoms with van der Waals surface area (Å²) in [5.41, 5.74) is 0.677. The summed E-state index contributed by atoms with van der Waals surface area (Å²) in [6.07, 6.45) is -2.44. The van der Waals surface area contributed by atoms with Crippen LogP contribution in [0, 0.1) is 5.92 Å². The predicted molar refractivity (Wildman–Crippen MR) is 104 cm³/mol. The number of alkyl halides is 3. The SMILES string of the molecule is O=C(OCc1cccc(C(F)(F)F)c1)[C@H](Cc1ccccc1)[C@@H](O)c1cccnc1. The molecule has 4 nitrogen and oxygen atoms in total. The van der Waals surface area contributed by atoms with Crippen LogP contribution in [-0.2, 0) is 28.7 Å². The molecule has 0 saturated carbocycles. The van der Waals surface area contributed by atoms with Gasteiger partial charge in [-0.25, -0.2) is 0 Å². The molecule has 0 aliphatic rings. The first-order valence-electron chi connectivity index (χ1n) is 9.29. The van der Waals surface area contributed by atoms with Crippen LogP contribution in [0.3, 0.4) is 0 Å². The van der Waals surface area contributed by atoms with Crippen LogP contribution in [0.2, 0.25) is 0 Å². The minimum Gasteiger partial charge on any atom is -0.461 e. The van der Waals surface area contributed by atoms with Crippen LogP contribution < -0.4 is 0 Å². The van der Waals surface area contributed by atoms with Crippen molar-refractivity contribution in [2.24, 2.45) is 5.92 Å². The standard InChI is InChI=1S/C23H20F3NO3/c24-23(25,26)19-10-4-8-17(12-19)15-30-22(29)20(13-16-6-2-1-3-7-16)21(28)18-9-5-11-27-14-18/h1-12,14,20-21,28H,13,15H2/t20-,21+/m1/s1. The second-order valence-corrected chi connectivity index (χ2v) is 6.83. The number of ether oxygens (including phenoxy) is 1. The fraction of sp³-hybridized carbons (Fsp3) is 0.217. The molecule has 0 unspecified atom stereocenters. The Kier molecular flexibility index (Phi) is 6.84. The second kappa shape index (κ2) is 9.54. The van der Waals surface area contributed by atoms with E-state index < -0.39 is 29.7 Å². The van der Waals surface area contributed by atoms with Crippen LogP contribution in [0.15, 0.2) is 79.1 Å². The van der Waals surface area contributed by atoms with Crippen molar-refractivity contribution in [3.05, 3.63) is 101 Å². The van der Waals surface area contributed by atoms with E-state index in [2.05, 4.69) is 4.98 Å². The maximum Gasteiger partial charge on any atom is 0.416 e. The van der Waals surface area contributed by atoms with Gasteiger partial charge in [-0.1, -0.05) is 48.5 Å². The van der Waals surface area contributed by atoms with Gasteiger partial charge in [-0.2, -0.15) is 13.2 Å². The molecule has 0 aliphatic carbocycles. The maximum atomic E-state index is 12.9. The van der Waals surface area contributed by atoms with Gasteiger partial charge in [-0.3, -0.25) is 9.78 Å². The first kappa shape index (κ1) is 21.5. The number of halogens is 3. The van der Waals surface area contributed by atoms with Gasteiger partial charge < -0.3 is 9.84 Å². The van der Waals surface area contributed by atoms with Gasteiger partial charge in [0.2, 0.25) is 0 Å². The van der Waals surface area contributed by atoms with Crippen LogP contribution in [0.4, 0.5) is 13.2 Å². The third kappa shape index (κ3) is 5.67. The summed E-state index contributed by atoms with van der Waals surface area (Å²) in [6, 6.07) is 17.0. The van der Waals surface area contributed by atoms with E-state index in [-0.39, 0.29) is 18.6 Å². The number of esters is 1. The largest absolute Gasteiger partial charge is 0.461 e. The molecule has 3 aromatic rings. The van der Waals surface area contributed by atoms with E-state index in [4.69, 9.17) is 4.74 Å². The molecule has 7 heteroatoms. The number of nitrogens with zero attached hydrogens (tertiary/aromatic N) is 1. The zero-order valence-corrected chi connectivity index (χ0v) is 15.9. The van der Waals surface area contributed by atoms with Crippen molar-refractivity contribution in [2.75, 3.05) is 0 Å². The Labute approximate surface area is 172 Å². The fourth-order valence-electron chi connectivity index (χ4n) is 3.07. The average molecular weight is 415 g/mol. The van der Waals surface area contributed by atoms with E-state index in [0.29, 0.717) is 5.56 Å². The number of aliphatic hydroxyl groups is 1. The van der Waals surface area contributed by atoms with Crippen molar-refractivity contribution in [1.82, 2.24) is 4.98 Å². The highest BCUT2D eigenvalue weighted by Gasteiger charge is 2.32. The molecule has 0 aliphatic heterocycles. The zero-order valence-electron chi connectivity index (χ0n) is 15.9. The Morgan fingerprint density at radius 3 is 2.40 bits per heavy atom. The number of aromatic nitrogens is 1. The van der Waals surface area contributed by atoms with Crippen molar-refractivity contribution in [1.29, 1.82) is 0 Å². The highest BCUT2D eigenvalue weighted by atomic mass is 19.4. The van der Waals surface area contributed by atoms with Crippen LogP contribution in [0.5, 0.6) is 0 Å². The number of hydrogen-bond acceptors (Lipinski definition) is 4. The summed E-state index contributed by atoms with van der Waals surface area (Å²) in [4.78, 5) is 16.8. The molecule has 2 aromatic carbocycles. The van der Waals surface area contributed by atoms with Crippen molar-refractivity contribution >= 4 is 5.97 Å². The molecule has 0 fully saturated rings. The Morgan fingerprint density at radius 2 is 1.73 bits per heavy atom. The van der Waals surface area contributed by atoms with Crippen LogP contribution in [-0.4, -0.2) is 16.1 Å². The van der Waals surface area contributed by atoms with Gasteiger partial charge in [0.25, 0.3) is 0 Å². The van der Waals surface area contributed by atoms with Crippen molar-refractivity contribution < 1.29 is 27.8 Å². The molecule has 0 bridgehead atoms. The minimum atomic E-state index is -4.48. The van der Waals surface area contributed by atoms with Crippen LogP contribution >= 0.6 is 0 Å². The summed E-state index contributed by atoms with van der Waals surface area (Å²) < 4.78 is 43.9. The van der Waals surface area contributed by atoms with E-state index in [9.17, 15) is 23.1 Å². The fourth-order valence-corrected chi connectivity index (χ4v) is 3.07. The Balaban J connectivity index is 1.76. The molecule has 1 heterocycles. The summed E-state index contributed by atoms with van der Waals surface area (Å²) >= 11 is 0. The number of hydrogen-bond donors (Lipinski definition) is 1. The Morgan fingerprint density at radius 1 is 1.00 bits per heavy atom. The quantitative estimate of drug-likeness (QED) is 0.567. The smallest absolute Gasteiger partial charge is 0.416 e. The molecule has 3 rings (SSSR count). The number of rotatable bonds is 7. The Bertz CT molecular complexity index is 962. The average Bonchev–Trinajstić information content (AvgIpc) is 2.76. The topological polar surface area (TPSA) is 59.4 Å². The highest BCUT2D eigenvalue weighted by molar-refractivity contribution is 5.74. The van der Waals surface area contributed by atoms with Crippen LogP contribution in [0.1, 0.15) is 28.4 Å². The number of benzene rings is 2. The van der Waals surface area contributed by atoms with Gasteiger partial charge in [-0.15, -0.1) is 0 Å². The summed E-state index contributed by atoms with van der Waals surface area (Å²) in [6.45, 7) is -0.326. The Hall–Kier alpha value is -3.19. The zero-order chi connectivity index (χ0) is 21.6. The van der Waals surface area contributed by atoms with Gasteiger partial charge in [-0.05, 0) is 41.3 Å². The van der Waals surface area contributed by atoms with E-state index in [1.54, 1.807) is 18.3 Å². The molecular formula is C23H20F3NO3. The molecule has 0 spiro atoms. The lowest BCUT2D eigenvalue weighted by atomic mass is 9.90.